The van der Waals surface area contributed by atoms with Gasteiger partial charge in [0.1, 0.15) is 11.5 Å². The van der Waals surface area contributed by atoms with Crippen LogP contribution in [0.15, 0.2) is 34.8 Å². The van der Waals surface area contributed by atoms with Crippen molar-refractivity contribution >= 4 is 50.3 Å². The van der Waals surface area contributed by atoms with Gasteiger partial charge >= 0.3 is 0 Å². The fourth-order valence-corrected chi connectivity index (χ4v) is 2.08. The Morgan fingerprint density at radius 3 is 2.65 bits per heavy atom. The Morgan fingerprint density at radius 2 is 2.00 bits per heavy atom. The van der Waals surface area contributed by atoms with Crippen molar-refractivity contribution in [3.63, 3.8) is 0 Å². The normalized spacial score (nSPS) is 10.3. The van der Waals surface area contributed by atoms with Gasteiger partial charge in [-0.1, -0.05) is 11.6 Å². The Labute approximate surface area is 126 Å². The number of anilines is 3. The van der Waals surface area contributed by atoms with E-state index in [0.29, 0.717) is 16.4 Å². The molecule has 2 aromatic rings. The summed E-state index contributed by atoms with van der Waals surface area (Å²) in [7, 11) is 0. The molecular formula is C12H8BrClFN3O2. The van der Waals surface area contributed by atoms with E-state index in [9.17, 15) is 14.5 Å². The third-order valence-electron chi connectivity index (χ3n) is 2.50. The minimum Gasteiger partial charge on any atom is -0.399 e. The lowest BCUT2D eigenvalue weighted by molar-refractivity contribution is -0.384. The fourth-order valence-electron chi connectivity index (χ4n) is 1.57. The van der Waals surface area contributed by atoms with Crippen molar-refractivity contribution < 1.29 is 9.31 Å². The summed E-state index contributed by atoms with van der Waals surface area (Å²) in [6, 6.07) is 6.79. The van der Waals surface area contributed by atoms with Crippen molar-refractivity contribution in [3.05, 3.63) is 55.8 Å². The molecule has 0 unspecified atom stereocenters. The first-order valence-corrected chi connectivity index (χ1v) is 6.51. The molecule has 8 heteroatoms. The van der Waals surface area contributed by atoms with E-state index in [0.717, 1.165) is 6.07 Å². The number of hydrogen-bond acceptors (Lipinski definition) is 4. The molecule has 0 aliphatic rings. The van der Waals surface area contributed by atoms with Crippen molar-refractivity contribution in [2.24, 2.45) is 0 Å². The molecule has 3 N–H and O–H groups in total. The van der Waals surface area contributed by atoms with Gasteiger partial charge in [0.15, 0.2) is 0 Å². The number of hydrogen-bond donors (Lipinski definition) is 2. The third-order valence-corrected chi connectivity index (χ3v) is 3.43. The topological polar surface area (TPSA) is 81.2 Å². The maximum absolute atomic E-state index is 13.4. The van der Waals surface area contributed by atoms with Gasteiger partial charge in [-0.05, 0) is 40.2 Å². The second-order valence-corrected chi connectivity index (χ2v) is 5.17. The van der Waals surface area contributed by atoms with Crippen LogP contribution in [0.1, 0.15) is 0 Å². The molecular weight excluding hydrogens is 353 g/mol. The number of rotatable bonds is 3. The monoisotopic (exact) mass is 359 g/mol. The van der Waals surface area contributed by atoms with Gasteiger partial charge < -0.3 is 11.1 Å². The van der Waals surface area contributed by atoms with E-state index in [-0.39, 0.29) is 10.2 Å². The van der Waals surface area contributed by atoms with Crippen molar-refractivity contribution in [2.45, 2.75) is 0 Å². The van der Waals surface area contributed by atoms with Crippen LogP contribution < -0.4 is 11.1 Å². The third kappa shape index (κ3) is 3.00. The molecule has 0 heterocycles. The summed E-state index contributed by atoms with van der Waals surface area (Å²) >= 11 is 8.96. The van der Waals surface area contributed by atoms with Crippen LogP contribution in [0.4, 0.5) is 27.1 Å². The predicted octanol–water partition coefficient (Wildman–Crippen LogP) is 4.48. The molecule has 0 saturated heterocycles. The molecule has 0 spiro atoms. The highest BCUT2D eigenvalue weighted by molar-refractivity contribution is 9.10. The Morgan fingerprint density at radius 1 is 1.30 bits per heavy atom. The zero-order valence-electron chi connectivity index (χ0n) is 9.86. The lowest BCUT2D eigenvalue weighted by Crippen LogP contribution is -1.99. The van der Waals surface area contributed by atoms with Crippen LogP contribution in [0.5, 0.6) is 0 Å². The fraction of sp³-hybridized carbons (Fsp3) is 0. The summed E-state index contributed by atoms with van der Waals surface area (Å²) in [6.45, 7) is 0. The van der Waals surface area contributed by atoms with E-state index in [1.165, 1.54) is 12.1 Å². The Hall–Kier alpha value is -1.86. The minimum atomic E-state index is -0.721. The second kappa shape index (κ2) is 5.64. The van der Waals surface area contributed by atoms with E-state index in [1.807, 2.05) is 0 Å². The second-order valence-electron chi connectivity index (χ2n) is 3.90. The molecule has 0 aromatic heterocycles. The number of halogens is 3. The zero-order chi connectivity index (χ0) is 14.9. The first-order chi connectivity index (χ1) is 9.38. The summed E-state index contributed by atoms with van der Waals surface area (Å²) in [5.74, 6) is -0.721. The van der Waals surface area contributed by atoms with Crippen LogP contribution >= 0.6 is 27.5 Å². The smallest absolute Gasteiger partial charge is 0.295 e. The molecule has 0 amide bonds. The van der Waals surface area contributed by atoms with Gasteiger partial charge in [-0.2, -0.15) is 0 Å². The highest BCUT2D eigenvalue weighted by Gasteiger charge is 2.18. The molecule has 104 valence electrons. The Bertz CT molecular complexity index is 697. The van der Waals surface area contributed by atoms with Crippen molar-refractivity contribution in [3.8, 4) is 0 Å². The van der Waals surface area contributed by atoms with Crippen LogP contribution in [-0.4, -0.2) is 4.92 Å². The molecule has 0 fully saturated rings. The van der Waals surface area contributed by atoms with Crippen LogP contribution in [0.3, 0.4) is 0 Å². The molecule has 2 aromatic carbocycles. The van der Waals surface area contributed by atoms with Gasteiger partial charge in [-0.15, -0.1) is 0 Å². The van der Waals surface area contributed by atoms with Crippen LogP contribution in [-0.2, 0) is 0 Å². The zero-order valence-corrected chi connectivity index (χ0v) is 12.2. The average Bonchev–Trinajstić information content (AvgIpc) is 2.37. The average molecular weight is 361 g/mol. The first kappa shape index (κ1) is 14.5. The lowest BCUT2D eigenvalue weighted by Gasteiger charge is -2.10. The number of nitrogens with zero attached hydrogens (tertiary/aromatic N) is 1. The standard InChI is InChI=1S/C12H8BrClFN3O2/c13-7-4-11(12(18(19)20)5-9(7)15)17-10-3-6(16)1-2-8(10)14/h1-5,17H,16H2. The summed E-state index contributed by atoms with van der Waals surface area (Å²) in [5, 5.41) is 14.1. The largest absolute Gasteiger partial charge is 0.399 e. The van der Waals surface area contributed by atoms with Gasteiger partial charge in [-0.25, -0.2) is 4.39 Å². The van der Waals surface area contributed by atoms with Crippen molar-refractivity contribution in [2.75, 3.05) is 11.1 Å². The maximum atomic E-state index is 13.4. The molecule has 2 rings (SSSR count). The van der Waals surface area contributed by atoms with Gasteiger partial charge in [-0.3, -0.25) is 10.1 Å². The van der Waals surface area contributed by atoms with Gasteiger partial charge in [0.05, 0.1) is 26.2 Å². The molecule has 0 radical (unpaired) electrons. The van der Waals surface area contributed by atoms with Crippen molar-refractivity contribution in [1.82, 2.24) is 0 Å². The summed E-state index contributed by atoms with van der Waals surface area (Å²) in [6.07, 6.45) is 0. The van der Waals surface area contributed by atoms with E-state index < -0.39 is 16.4 Å². The van der Waals surface area contributed by atoms with Gasteiger partial charge in [0.25, 0.3) is 5.69 Å². The Kier molecular flexibility index (Phi) is 4.10. The molecule has 5 nitrogen and oxygen atoms in total. The SMILES string of the molecule is Nc1ccc(Cl)c(Nc2cc(Br)c(F)cc2[N+](=O)[O-])c1. The van der Waals surface area contributed by atoms with Gasteiger partial charge in [0.2, 0.25) is 0 Å². The van der Waals surface area contributed by atoms with Crippen LogP contribution in [0.25, 0.3) is 0 Å². The highest BCUT2D eigenvalue weighted by Crippen LogP contribution is 2.35. The van der Waals surface area contributed by atoms with Crippen LogP contribution in [0, 0.1) is 15.9 Å². The maximum Gasteiger partial charge on any atom is 0.295 e. The summed E-state index contributed by atoms with van der Waals surface area (Å²) in [4.78, 5) is 10.3. The number of benzene rings is 2. The highest BCUT2D eigenvalue weighted by atomic mass is 79.9. The minimum absolute atomic E-state index is 0.102. The Balaban J connectivity index is 2.50. The van der Waals surface area contributed by atoms with E-state index in [1.54, 1.807) is 12.1 Å². The lowest BCUT2D eigenvalue weighted by atomic mass is 10.2. The molecule has 0 aliphatic heterocycles. The summed E-state index contributed by atoms with van der Waals surface area (Å²) < 4.78 is 13.5. The van der Waals surface area contributed by atoms with E-state index in [2.05, 4.69) is 21.2 Å². The van der Waals surface area contributed by atoms with E-state index >= 15 is 0 Å². The molecule has 0 atom stereocenters. The van der Waals surface area contributed by atoms with E-state index in [4.69, 9.17) is 17.3 Å². The number of nitro groups is 1. The molecule has 0 aliphatic carbocycles. The number of nitrogens with one attached hydrogen (secondary N) is 1. The molecule has 0 saturated carbocycles. The predicted molar refractivity (Wildman–Crippen MR) is 79.9 cm³/mol. The van der Waals surface area contributed by atoms with Crippen LogP contribution in [0.2, 0.25) is 5.02 Å². The number of nitrogen functional groups attached to an aromatic ring is 1. The number of nitro benzene ring substituents is 1. The van der Waals surface area contributed by atoms with Gasteiger partial charge in [0, 0.05) is 5.69 Å². The summed E-state index contributed by atoms with van der Waals surface area (Å²) in [5.41, 5.74) is 6.18. The molecule has 0 bridgehead atoms. The first-order valence-electron chi connectivity index (χ1n) is 5.34. The number of nitrogens with two attached hydrogens (primary N) is 1. The van der Waals surface area contributed by atoms with Crippen molar-refractivity contribution in [1.29, 1.82) is 0 Å². The quantitative estimate of drug-likeness (QED) is 0.480. The molecule has 20 heavy (non-hydrogen) atoms.